The van der Waals surface area contributed by atoms with E-state index in [0.717, 1.165) is 13.1 Å². The van der Waals surface area contributed by atoms with E-state index in [1.165, 1.54) is 63.5 Å². The third-order valence-corrected chi connectivity index (χ3v) is 4.81. The van der Waals surface area contributed by atoms with Crippen molar-refractivity contribution in [2.24, 2.45) is 5.73 Å². The first kappa shape index (κ1) is 16.5. The van der Waals surface area contributed by atoms with Gasteiger partial charge >= 0.3 is 0 Å². The predicted molar refractivity (Wildman–Crippen MR) is 91.4 cm³/mol. The maximum absolute atomic E-state index is 6.07. The molecule has 21 heavy (non-hydrogen) atoms. The monoisotopic (exact) mass is 288 g/mol. The van der Waals surface area contributed by atoms with Crippen LogP contribution in [0, 0.1) is 0 Å². The van der Waals surface area contributed by atoms with Crippen LogP contribution in [0.25, 0.3) is 0 Å². The molecule has 1 atom stereocenters. The van der Waals surface area contributed by atoms with Gasteiger partial charge in [-0.15, -0.1) is 0 Å². The van der Waals surface area contributed by atoms with Gasteiger partial charge in [0.25, 0.3) is 0 Å². The molecule has 0 radical (unpaired) electrons. The second-order valence-corrected chi connectivity index (χ2v) is 6.44. The fourth-order valence-electron chi connectivity index (χ4n) is 3.47. The van der Waals surface area contributed by atoms with E-state index in [4.69, 9.17) is 5.73 Å². The van der Waals surface area contributed by atoms with Crippen LogP contribution in [0.1, 0.15) is 63.0 Å². The lowest BCUT2D eigenvalue weighted by Gasteiger charge is -2.30. The number of rotatable bonds is 8. The zero-order valence-corrected chi connectivity index (χ0v) is 13.7. The summed E-state index contributed by atoms with van der Waals surface area (Å²) in [4.78, 5) is 2.63. The third-order valence-electron chi connectivity index (χ3n) is 4.81. The quantitative estimate of drug-likeness (QED) is 0.729. The summed E-state index contributed by atoms with van der Waals surface area (Å²) in [5.74, 6) is 0. The Bertz CT molecular complexity index is 402. The van der Waals surface area contributed by atoms with Crippen LogP contribution >= 0.6 is 0 Å². The molecule has 0 bridgehead atoms. The van der Waals surface area contributed by atoms with Crippen LogP contribution in [0.3, 0.4) is 0 Å². The molecule has 2 N–H and O–H groups in total. The van der Waals surface area contributed by atoms with Gasteiger partial charge in [-0.05, 0) is 36.9 Å². The Hall–Kier alpha value is -0.860. The molecule has 1 aliphatic rings. The molecule has 2 nitrogen and oxygen atoms in total. The largest absolute Gasteiger partial charge is 0.329 e. The number of nitrogens with two attached hydrogens (primary N) is 1. The lowest BCUT2D eigenvalue weighted by molar-refractivity contribution is 0.181. The van der Waals surface area contributed by atoms with Crippen molar-refractivity contribution in [2.45, 2.75) is 70.9 Å². The summed E-state index contributed by atoms with van der Waals surface area (Å²) in [6.45, 7) is 5.37. The highest BCUT2D eigenvalue weighted by Gasteiger charge is 2.20. The van der Waals surface area contributed by atoms with Crippen LogP contribution in [0.4, 0.5) is 0 Å². The highest BCUT2D eigenvalue weighted by atomic mass is 15.2. The summed E-state index contributed by atoms with van der Waals surface area (Å²) in [5, 5.41) is 0. The first-order valence-corrected chi connectivity index (χ1v) is 8.86. The summed E-state index contributed by atoms with van der Waals surface area (Å²) in [6, 6.07) is 9.49. The standard InChI is InChI=1S/C19H32N2/c1-2-3-4-5-6-13-19(15-20)21-14-9-12-17-10-7-8-11-18(17)16-21/h7-8,10-11,19H,2-6,9,12-16,20H2,1H3. The van der Waals surface area contributed by atoms with Crippen molar-refractivity contribution in [3.8, 4) is 0 Å². The normalized spacial score (nSPS) is 17.2. The van der Waals surface area contributed by atoms with Crippen LogP contribution in [-0.2, 0) is 13.0 Å². The third kappa shape index (κ3) is 5.12. The minimum atomic E-state index is 0.567. The number of benzene rings is 1. The molecule has 1 aromatic rings. The Morgan fingerprint density at radius 1 is 1.10 bits per heavy atom. The van der Waals surface area contributed by atoms with Gasteiger partial charge in [-0.3, -0.25) is 4.90 Å². The minimum Gasteiger partial charge on any atom is -0.329 e. The van der Waals surface area contributed by atoms with Crippen LogP contribution in [0.2, 0.25) is 0 Å². The second-order valence-electron chi connectivity index (χ2n) is 6.44. The number of aryl methyl sites for hydroxylation is 1. The van der Waals surface area contributed by atoms with E-state index in [1.54, 1.807) is 5.56 Å². The maximum Gasteiger partial charge on any atom is 0.0239 e. The molecule has 0 fully saturated rings. The Labute approximate surface area is 130 Å². The maximum atomic E-state index is 6.07. The van der Waals surface area contributed by atoms with Gasteiger partial charge in [-0.25, -0.2) is 0 Å². The van der Waals surface area contributed by atoms with Gasteiger partial charge in [0.15, 0.2) is 0 Å². The molecule has 2 heteroatoms. The molecule has 2 rings (SSSR count). The van der Waals surface area contributed by atoms with Crippen molar-refractivity contribution in [1.29, 1.82) is 0 Å². The zero-order valence-electron chi connectivity index (χ0n) is 13.7. The van der Waals surface area contributed by atoms with Crippen molar-refractivity contribution in [3.63, 3.8) is 0 Å². The number of hydrogen-bond acceptors (Lipinski definition) is 2. The van der Waals surface area contributed by atoms with E-state index in [9.17, 15) is 0 Å². The van der Waals surface area contributed by atoms with Gasteiger partial charge in [-0.1, -0.05) is 63.3 Å². The fraction of sp³-hybridized carbons (Fsp3) is 0.684. The molecule has 0 amide bonds. The van der Waals surface area contributed by atoms with Crippen molar-refractivity contribution in [3.05, 3.63) is 35.4 Å². The van der Waals surface area contributed by atoms with Gasteiger partial charge in [-0.2, -0.15) is 0 Å². The molecule has 0 aliphatic carbocycles. The predicted octanol–water partition coefficient (Wildman–Crippen LogP) is 4.12. The smallest absolute Gasteiger partial charge is 0.0239 e. The summed E-state index contributed by atoms with van der Waals surface area (Å²) in [6.07, 6.45) is 10.5. The van der Waals surface area contributed by atoms with E-state index in [0.29, 0.717) is 6.04 Å². The number of hydrogen-bond donors (Lipinski definition) is 1. The molecule has 1 aliphatic heterocycles. The SMILES string of the molecule is CCCCCCCC(CN)N1CCCc2ccccc2C1. The molecule has 0 aromatic heterocycles. The van der Waals surface area contributed by atoms with E-state index < -0.39 is 0 Å². The van der Waals surface area contributed by atoms with Gasteiger partial charge in [0, 0.05) is 19.1 Å². The molecular weight excluding hydrogens is 256 g/mol. The van der Waals surface area contributed by atoms with Crippen LogP contribution < -0.4 is 5.73 Å². The van der Waals surface area contributed by atoms with E-state index in [-0.39, 0.29) is 0 Å². The first-order chi connectivity index (χ1) is 10.3. The van der Waals surface area contributed by atoms with Crippen molar-refractivity contribution >= 4 is 0 Å². The lowest BCUT2D eigenvalue weighted by atomic mass is 10.0. The molecule has 0 spiro atoms. The second kappa shape index (κ2) is 9.22. The molecule has 1 aromatic carbocycles. The van der Waals surface area contributed by atoms with Crippen LogP contribution in [0.15, 0.2) is 24.3 Å². The van der Waals surface area contributed by atoms with Gasteiger partial charge in [0.1, 0.15) is 0 Å². The van der Waals surface area contributed by atoms with Gasteiger partial charge in [0.05, 0.1) is 0 Å². The molecule has 1 unspecified atom stereocenters. The Kier molecular flexibility index (Phi) is 7.25. The lowest BCUT2D eigenvalue weighted by Crippen LogP contribution is -2.40. The molecule has 0 saturated carbocycles. The highest BCUT2D eigenvalue weighted by Crippen LogP contribution is 2.21. The van der Waals surface area contributed by atoms with Crippen molar-refractivity contribution < 1.29 is 0 Å². The average molecular weight is 288 g/mol. The van der Waals surface area contributed by atoms with Gasteiger partial charge < -0.3 is 5.73 Å². The topological polar surface area (TPSA) is 29.3 Å². The Morgan fingerprint density at radius 3 is 2.62 bits per heavy atom. The van der Waals surface area contributed by atoms with E-state index >= 15 is 0 Å². The zero-order chi connectivity index (χ0) is 14.9. The fourth-order valence-corrected chi connectivity index (χ4v) is 3.47. The van der Waals surface area contributed by atoms with Crippen LogP contribution in [-0.4, -0.2) is 24.0 Å². The van der Waals surface area contributed by atoms with Gasteiger partial charge in [0.2, 0.25) is 0 Å². The average Bonchev–Trinajstić information content (AvgIpc) is 2.73. The van der Waals surface area contributed by atoms with Crippen LogP contribution in [0.5, 0.6) is 0 Å². The number of fused-ring (bicyclic) bond motifs is 1. The molecule has 118 valence electrons. The van der Waals surface area contributed by atoms with E-state index in [2.05, 4.69) is 36.1 Å². The Balaban J connectivity index is 1.86. The molecular formula is C19H32N2. The first-order valence-electron chi connectivity index (χ1n) is 8.86. The minimum absolute atomic E-state index is 0.567. The van der Waals surface area contributed by atoms with Crippen molar-refractivity contribution in [1.82, 2.24) is 4.90 Å². The summed E-state index contributed by atoms with van der Waals surface area (Å²) >= 11 is 0. The van der Waals surface area contributed by atoms with E-state index in [1.807, 2.05) is 0 Å². The highest BCUT2D eigenvalue weighted by molar-refractivity contribution is 5.28. The summed E-state index contributed by atoms with van der Waals surface area (Å²) in [7, 11) is 0. The summed E-state index contributed by atoms with van der Waals surface area (Å²) < 4.78 is 0. The number of nitrogens with zero attached hydrogens (tertiary/aromatic N) is 1. The molecule has 0 saturated heterocycles. The van der Waals surface area contributed by atoms with Crippen molar-refractivity contribution in [2.75, 3.05) is 13.1 Å². The summed E-state index contributed by atoms with van der Waals surface area (Å²) in [5.41, 5.74) is 9.13. The number of unbranched alkanes of at least 4 members (excludes halogenated alkanes) is 4. The molecule has 1 heterocycles. The Morgan fingerprint density at radius 2 is 1.86 bits per heavy atom.